The molecular weight excluding hydrogens is 396 g/mol. The number of azo groups is 4. The summed E-state index contributed by atoms with van der Waals surface area (Å²) in [5.41, 5.74) is 0.431. The van der Waals surface area contributed by atoms with Crippen LogP contribution in [-0.2, 0) is 0 Å². The molecule has 31 heavy (non-hydrogen) atoms. The van der Waals surface area contributed by atoms with Crippen LogP contribution in [0.3, 0.4) is 0 Å². The van der Waals surface area contributed by atoms with Gasteiger partial charge in [0, 0.05) is 12.4 Å². The van der Waals surface area contributed by atoms with E-state index in [1.807, 2.05) is 13.8 Å². The second kappa shape index (κ2) is 23.0. The standard InChI is InChI=1S/C14H16N8O2.C2H6.5CH4/c1-15-16-7-17-18-8-19-20-9-21-22-11-5-6-12(23)10-3-2-4-13(24)14(10)11;1-2;;;;;/h2-6,23-24H,7-9H2,1H3;1-2H3;5*1H4. The summed E-state index contributed by atoms with van der Waals surface area (Å²) in [6.07, 6.45) is 0. The van der Waals surface area contributed by atoms with Crippen LogP contribution in [0.5, 0.6) is 11.5 Å². The lowest BCUT2D eigenvalue weighted by Crippen LogP contribution is -1.78. The SMILES string of the molecule is C.C.C.C.C.CC.CN=NCN=NCN=NCN=Nc1ccc(O)c2cccc(O)c12. The molecule has 10 heteroatoms. The van der Waals surface area contributed by atoms with Crippen LogP contribution in [0, 0.1) is 0 Å². The monoisotopic (exact) mass is 438 g/mol. The largest absolute Gasteiger partial charge is 0.507 e. The molecule has 0 bridgehead atoms. The molecule has 0 heterocycles. The molecule has 2 aromatic carbocycles. The van der Waals surface area contributed by atoms with E-state index in [0.717, 1.165) is 0 Å². The molecule has 2 N–H and O–H groups in total. The minimum Gasteiger partial charge on any atom is -0.507 e. The van der Waals surface area contributed by atoms with Crippen LogP contribution in [0.25, 0.3) is 10.8 Å². The number of benzene rings is 2. The Bertz CT molecular complexity index is 805. The van der Waals surface area contributed by atoms with E-state index in [4.69, 9.17) is 0 Å². The molecule has 0 saturated carbocycles. The van der Waals surface area contributed by atoms with E-state index < -0.39 is 0 Å². The Hall–Kier alpha value is -3.30. The molecule has 0 amide bonds. The lowest BCUT2D eigenvalue weighted by atomic mass is 10.1. The Balaban J connectivity index is -0.000000313. The molecule has 0 saturated heterocycles. The molecule has 0 aliphatic carbocycles. The second-order valence-electron chi connectivity index (χ2n) is 4.38. The summed E-state index contributed by atoms with van der Waals surface area (Å²) < 4.78 is 0. The Labute approximate surface area is 188 Å². The lowest BCUT2D eigenvalue weighted by molar-refractivity contribution is 0.475. The van der Waals surface area contributed by atoms with Gasteiger partial charge in [0.1, 0.15) is 11.5 Å². The predicted octanol–water partition coefficient (Wildman–Crippen LogP) is 8.40. The minimum absolute atomic E-state index is 0. The van der Waals surface area contributed by atoms with Gasteiger partial charge in [-0.15, -0.1) is 0 Å². The first-order valence-electron chi connectivity index (χ1n) is 7.97. The maximum Gasteiger partial charge on any atom is 0.171 e. The Morgan fingerprint density at radius 3 is 1.71 bits per heavy atom. The van der Waals surface area contributed by atoms with Crippen molar-refractivity contribution in [1.29, 1.82) is 0 Å². The number of rotatable bonds is 7. The van der Waals surface area contributed by atoms with E-state index in [-0.39, 0.29) is 68.6 Å². The topological polar surface area (TPSA) is 139 Å². The normalized spacial score (nSPS) is 9.90. The summed E-state index contributed by atoms with van der Waals surface area (Å²) in [5, 5.41) is 50.6. The quantitative estimate of drug-likeness (QED) is 0.419. The van der Waals surface area contributed by atoms with Gasteiger partial charge in [-0.05, 0) is 18.2 Å². The summed E-state index contributed by atoms with van der Waals surface area (Å²) >= 11 is 0. The Kier molecular flexibility index (Phi) is 28.4. The lowest BCUT2D eigenvalue weighted by Gasteiger charge is -2.05. The summed E-state index contributed by atoms with van der Waals surface area (Å²) in [7, 11) is 1.55. The van der Waals surface area contributed by atoms with E-state index >= 15 is 0 Å². The molecule has 10 nitrogen and oxygen atoms in total. The first-order valence-corrected chi connectivity index (χ1v) is 7.97. The highest BCUT2D eigenvalue weighted by Crippen LogP contribution is 2.38. The van der Waals surface area contributed by atoms with Gasteiger partial charge in [0.2, 0.25) is 0 Å². The molecule has 2 rings (SSSR count). The maximum atomic E-state index is 9.95. The molecule has 0 aromatic heterocycles. The van der Waals surface area contributed by atoms with Gasteiger partial charge in [-0.25, -0.2) is 0 Å². The molecule has 0 radical (unpaired) electrons. The second-order valence-corrected chi connectivity index (χ2v) is 4.38. The number of hydrogen-bond donors (Lipinski definition) is 2. The number of nitrogens with zero attached hydrogens (tertiary/aromatic N) is 8. The molecule has 0 aliphatic rings. The first-order chi connectivity index (χ1) is 12.7. The summed E-state index contributed by atoms with van der Waals surface area (Å²) in [4.78, 5) is 0. The average Bonchev–Trinajstić information content (AvgIpc) is 2.67. The number of aromatic hydroxyl groups is 2. The van der Waals surface area contributed by atoms with Crippen LogP contribution in [0.4, 0.5) is 5.69 Å². The van der Waals surface area contributed by atoms with Crippen molar-refractivity contribution >= 4 is 16.5 Å². The number of phenolic OH excluding ortho intramolecular Hbond substituents is 2. The van der Waals surface area contributed by atoms with Crippen molar-refractivity contribution in [1.82, 2.24) is 0 Å². The van der Waals surface area contributed by atoms with Crippen LogP contribution in [-0.4, -0.2) is 37.3 Å². The molecule has 0 atom stereocenters. The molecule has 0 spiro atoms. The third kappa shape index (κ3) is 12.8. The van der Waals surface area contributed by atoms with Gasteiger partial charge in [0.15, 0.2) is 20.0 Å². The van der Waals surface area contributed by atoms with Crippen molar-refractivity contribution in [3.05, 3.63) is 30.3 Å². The third-order valence-corrected chi connectivity index (χ3v) is 2.87. The van der Waals surface area contributed by atoms with Crippen molar-refractivity contribution in [2.75, 3.05) is 27.1 Å². The smallest absolute Gasteiger partial charge is 0.171 e. The third-order valence-electron chi connectivity index (χ3n) is 2.87. The zero-order valence-corrected chi connectivity index (χ0v) is 15.0. The fraction of sp³-hybridized carbons (Fsp3) is 0.524. The fourth-order valence-electron chi connectivity index (χ4n) is 1.87. The van der Waals surface area contributed by atoms with Crippen molar-refractivity contribution in [2.45, 2.75) is 51.0 Å². The van der Waals surface area contributed by atoms with Crippen molar-refractivity contribution in [2.24, 2.45) is 40.9 Å². The fourth-order valence-corrected chi connectivity index (χ4v) is 1.87. The molecule has 178 valence electrons. The Morgan fingerprint density at radius 1 is 0.645 bits per heavy atom. The first kappa shape index (κ1) is 38.3. The number of hydrogen-bond acceptors (Lipinski definition) is 10. The van der Waals surface area contributed by atoms with Crippen LogP contribution in [0.2, 0.25) is 0 Å². The summed E-state index contributed by atoms with van der Waals surface area (Å²) in [6, 6.07) is 7.90. The van der Waals surface area contributed by atoms with Crippen LogP contribution in [0.1, 0.15) is 51.0 Å². The zero-order valence-electron chi connectivity index (χ0n) is 15.0. The van der Waals surface area contributed by atoms with Gasteiger partial charge in [-0.1, -0.05) is 63.1 Å². The highest BCUT2D eigenvalue weighted by atomic mass is 16.3. The highest BCUT2D eigenvalue weighted by Gasteiger charge is 2.08. The maximum absolute atomic E-state index is 9.95. The van der Waals surface area contributed by atoms with Crippen molar-refractivity contribution in [3.63, 3.8) is 0 Å². The van der Waals surface area contributed by atoms with Crippen molar-refractivity contribution in [3.8, 4) is 11.5 Å². The number of phenols is 2. The molecule has 2 aromatic rings. The van der Waals surface area contributed by atoms with E-state index in [1.165, 1.54) is 12.1 Å². The average molecular weight is 439 g/mol. The highest BCUT2D eigenvalue weighted by molar-refractivity contribution is 6.00. The molecule has 0 unspecified atom stereocenters. The van der Waals surface area contributed by atoms with Gasteiger partial charge in [0.25, 0.3) is 0 Å². The molecule has 0 aliphatic heterocycles. The molecular formula is C21H42N8O2. The van der Waals surface area contributed by atoms with Crippen LogP contribution >= 0.6 is 0 Å². The zero-order chi connectivity index (χ0) is 19.2. The minimum atomic E-state index is 0. The Morgan fingerprint density at radius 2 is 1.16 bits per heavy atom. The van der Waals surface area contributed by atoms with Crippen molar-refractivity contribution < 1.29 is 10.2 Å². The van der Waals surface area contributed by atoms with Gasteiger partial charge in [0.05, 0.1) is 11.1 Å². The van der Waals surface area contributed by atoms with Crippen LogP contribution in [0.15, 0.2) is 71.2 Å². The molecule has 0 fully saturated rings. The van der Waals surface area contributed by atoms with E-state index in [1.54, 1.807) is 25.2 Å². The number of fused-ring (bicyclic) bond motifs is 1. The van der Waals surface area contributed by atoms with Gasteiger partial charge < -0.3 is 10.2 Å². The van der Waals surface area contributed by atoms with E-state index in [9.17, 15) is 10.2 Å². The van der Waals surface area contributed by atoms with Gasteiger partial charge in [-0.2, -0.15) is 40.9 Å². The van der Waals surface area contributed by atoms with E-state index in [0.29, 0.717) is 16.5 Å². The van der Waals surface area contributed by atoms with E-state index in [2.05, 4.69) is 40.9 Å². The predicted molar refractivity (Wildman–Crippen MR) is 132 cm³/mol. The van der Waals surface area contributed by atoms with Gasteiger partial charge >= 0.3 is 0 Å². The summed E-state index contributed by atoms with van der Waals surface area (Å²) in [5.74, 6) is 0.0797. The van der Waals surface area contributed by atoms with Crippen LogP contribution < -0.4 is 0 Å². The summed E-state index contributed by atoms with van der Waals surface area (Å²) in [6.45, 7) is 4.26. The van der Waals surface area contributed by atoms with Gasteiger partial charge in [-0.3, -0.25) is 0 Å².